The number of carbonyl (C=O) groups is 1. The van der Waals surface area contributed by atoms with E-state index in [1.165, 1.54) is 11.8 Å². The molecule has 2 saturated heterocycles. The third-order valence-corrected chi connectivity index (χ3v) is 8.40. The summed E-state index contributed by atoms with van der Waals surface area (Å²) in [5, 5.41) is 0.553. The highest BCUT2D eigenvalue weighted by Crippen LogP contribution is 2.41. The number of anilines is 1. The van der Waals surface area contributed by atoms with Crippen LogP contribution in [-0.2, 0) is 14.6 Å². The summed E-state index contributed by atoms with van der Waals surface area (Å²) >= 11 is 4.88. The average Bonchev–Trinajstić information content (AvgIpc) is 2.99. The van der Waals surface area contributed by atoms with Crippen LogP contribution in [0.2, 0.25) is 0 Å². The van der Waals surface area contributed by atoms with Gasteiger partial charge in [-0.1, -0.05) is 47.6 Å². The lowest BCUT2D eigenvalue weighted by molar-refractivity contribution is -0.121. The van der Waals surface area contributed by atoms with Crippen molar-refractivity contribution >= 4 is 54.3 Å². The third-order valence-electron chi connectivity index (χ3n) is 4.69. The van der Waals surface area contributed by atoms with Crippen LogP contribution in [-0.4, -0.2) is 42.3 Å². The van der Waals surface area contributed by atoms with Gasteiger partial charge in [0.1, 0.15) is 0 Å². The third kappa shape index (κ3) is 3.95. The Bertz CT molecular complexity index is 806. The molecule has 2 aliphatic rings. The van der Waals surface area contributed by atoms with E-state index in [0.29, 0.717) is 5.17 Å². The van der Waals surface area contributed by atoms with Crippen LogP contribution >= 0.6 is 27.7 Å². The topological polar surface area (TPSA) is 66.8 Å². The molecular formula is C17H21BrN2O3S2. The van der Waals surface area contributed by atoms with Gasteiger partial charge in [-0.3, -0.25) is 4.79 Å². The first kappa shape index (κ1) is 18.9. The summed E-state index contributed by atoms with van der Waals surface area (Å²) in [7, 11) is -3.05. The molecule has 0 bridgehead atoms. The standard InChI is InChI=1S/C17H21BrN2O3S2/c1-3-11(4-2)16(21)19-17-20(13-7-5-6-12(18)8-13)14-9-25(22,23)10-15(14)24-17/h5-8,11,14-15H,3-4,9-10H2,1-2H3/t14-,15-/m1/s1. The van der Waals surface area contributed by atoms with Crippen LogP contribution < -0.4 is 4.90 Å². The highest BCUT2D eigenvalue weighted by atomic mass is 79.9. The van der Waals surface area contributed by atoms with Gasteiger partial charge in [-0.15, -0.1) is 0 Å². The van der Waals surface area contributed by atoms with Crippen molar-refractivity contribution in [2.75, 3.05) is 16.4 Å². The SMILES string of the molecule is CCC(CC)C(=O)N=C1S[C@@H]2CS(=O)(=O)C[C@H]2N1c1cccc(Br)c1. The molecule has 2 atom stereocenters. The van der Waals surface area contributed by atoms with Crippen molar-refractivity contribution in [3.05, 3.63) is 28.7 Å². The molecule has 0 unspecified atom stereocenters. The Morgan fingerprint density at radius 1 is 1.36 bits per heavy atom. The van der Waals surface area contributed by atoms with Gasteiger partial charge in [0, 0.05) is 21.3 Å². The van der Waals surface area contributed by atoms with Crippen molar-refractivity contribution < 1.29 is 13.2 Å². The van der Waals surface area contributed by atoms with Crippen LogP contribution in [0.15, 0.2) is 33.7 Å². The first-order chi connectivity index (χ1) is 11.8. The van der Waals surface area contributed by atoms with Gasteiger partial charge in [0.05, 0.1) is 17.5 Å². The molecule has 1 aromatic carbocycles. The fourth-order valence-corrected chi connectivity index (χ4v) is 7.62. The molecule has 2 fully saturated rings. The molecule has 136 valence electrons. The first-order valence-corrected chi connectivity index (χ1v) is 11.9. The number of fused-ring (bicyclic) bond motifs is 1. The second-order valence-electron chi connectivity index (χ2n) is 6.40. The second-order valence-corrected chi connectivity index (χ2v) is 10.7. The number of nitrogens with zero attached hydrogens (tertiary/aromatic N) is 2. The molecule has 1 aromatic rings. The summed E-state index contributed by atoms with van der Waals surface area (Å²) in [6.45, 7) is 3.98. The van der Waals surface area contributed by atoms with Crippen molar-refractivity contribution in [2.24, 2.45) is 10.9 Å². The number of thioether (sulfide) groups is 1. The Kier molecular flexibility index (Phi) is 5.60. The zero-order valence-corrected chi connectivity index (χ0v) is 17.4. The molecule has 5 nitrogen and oxygen atoms in total. The summed E-state index contributed by atoms with van der Waals surface area (Å²) in [6.07, 6.45) is 1.52. The van der Waals surface area contributed by atoms with Crippen LogP contribution in [0.5, 0.6) is 0 Å². The predicted molar refractivity (Wildman–Crippen MR) is 107 cm³/mol. The normalized spacial score (nSPS) is 26.4. The minimum Gasteiger partial charge on any atom is -0.316 e. The molecule has 0 N–H and O–H groups in total. The van der Waals surface area contributed by atoms with E-state index >= 15 is 0 Å². The first-order valence-electron chi connectivity index (χ1n) is 8.39. The smallest absolute Gasteiger partial charge is 0.251 e. The molecule has 1 amide bonds. The van der Waals surface area contributed by atoms with Gasteiger partial charge in [0.25, 0.3) is 5.91 Å². The van der Waals surface area contributed by atoms with Crippen LogP contribution in [0, 0.1) is 5.92 Å². The molecule has 2 aliphatic heterocycles. The molecule has 8 heteroatoms. The maximum atomic E-state index is 12.5. The van der Waals surface area contributed by atoms with Crippen molar-refractivity contribution in [3.63, 3.8) is 0 Å². The molecule has 0 aliphatic carbocycles. The molecule has 0 radical (unpaired) electrons. The molecule has 2 heterocycles. The summed E-state index contributed by atoms with van der Waals surface area (Å²) in [4.78, 5) is 18.8. The Hall–Kier alpha value is -0.860. The van der Waals surface area contributed by atoms with Crippen molar-refractivity contribution in [3.8, 4) is 0 Å². The maximum Gasteiger partial charge on any atom is 0.251 e. The van der Waals surface area contributed by atoms with E-state index < -0.39 is 9.84 Å². The number of hydrogen-bond donors (Lipinski definition) is 0. The van der Waals surface area contributed by atoms with Crippen molar-refractivity contribution in [1.82, 2.24) is 0 Å². The number of halogens is 1. The van der Waals surface area contributed by atoms with Gasteiger partial charge in [-0.25, -0.2) is 8.42 Å². The molecule has 0 aromatic heterocycles. The number of sulfone groups is 1. The van der Waals surface area contributed by atoms with Gasteiger partial charge < -0.3 is 4.90 Å². The monoisotopic (exact) mass is 444 g/mol. The van der Waals surface area contributed by atoms with Crippen molar-refractivity contribution in [2.45, 2.75) is 38.0 Å². The Labute approximate surface area is 161 Å². The molecule has 0 saturated carbocycles. The van der Waals surface area contributed by atoms with E-state index in [1.807, 2.05) is 43.0 Å². The number of carbonyl (C=O) groups excluding carboxylic acids is 1. The van der Waals surface area contributed by atoms with Crippen LogP contribution in [0.3, 0.4) is 0 Å². The zero-order valence-electron chi connectivity index (χ0n) is 14.2. The minimum absolute atomic E-state index is 0.0720. The minimum atomic E-state index is -3.05. The number of rotatable bonds is 4. The Morgan fingerprint density at radius 2 is 2.08 bits per heavy atom. The van der Waals surface area contributed by atoms with Crippen LogP contribution in [0.4, 0.5) is 5.69 Å². The van der Waals surface area contributed by atoms with Gasteiger partial charge in [-0.05, 0) is 31.0 Å². The van der Waals surface area contributed by atoms with E-state index in [4.69, 9.17) is 0 Å². The number of amides is 1. The Balaban J connectivity index is 1.99. The summed E-state index contributed by atoms with van der Waals surface area (Å²) in [6, 6.07) is 7.52. The van der Waals surface area contributed by atoms with Crippen molar-refractivity contribution in [1.29, 1.82) is 0 Å². The fourth-order valence-electron chi connectivity index (χ4n) is 3.32. The van der Waals surface area contributed by atoms with Gasteiger partial charge in [-0.2, -0.15) is 4.99 Å². The Morgan fingerprint density at radius 3 is 2.72 bits per heavy atom. The quantitative estimate of drug-likeness (QED) is 0.710. The highest BCUT2D eigenvalue weighted by Gasteiger charge is 2.49. The second kappa shape index (κ2) is 7.40. The molecule has 3 rings (SSSR count). The van der Waals surface area contributed by atoms with Gasteiger partial charge in [0.15, 0.2) is 15.0 Å². The number of benzene rings is 1. The van der Waals surface area contributed by atoms with Gasteiger partial charge in [0.2, 0.25) is 0 Å². The number of amidine groups is 1. The average molecular weight is 445 g/mol. The molecule has 0 spiro atoms. The maximum absolute atomic E-state index is 12.5. The lowest BCUT2D eigenvalue weighted by atomic mass is 10.0. The van der Waals surface area contributed by atoms with Crippen LogP contribution in [0.1, 0.15) is 26.7 Å². The van der Waals surface area contributed by atoms with Crippen LogP contribution in [0.25, 0.3) is 0 Å². The molecular weight excluding hydrogens is 424 g/mol. The highest BCUT2D eigenvalue weighted by molar-refractivity contribution is 9.10. The summed E-state index contributed by atoms with van der Waals surface area (Å²) in [5.41, 5.74) is 0.863. The van der Waals surface area contributed by atoms with E-state index in [0.717, 1.165) is 23.0 Å². The largest absolute Gasteiger partial charge is 0.316 e. The van der Waals surface area contributed by atoms with Gasteiger partial charge >= 0.3 is 0 Å². The molecule has 25 heavy (non-hydrogen) atoms. The van der Waals surface area contributed by atoms with E-state index in [9.17, 15) is 13.2 Å². The van der Waals surface area contributed by atoms with E-state index in [2.05, 4.69) is 20.9 Å². The van der Waals surface area contributed by atoms with E-state index in [1.54, 1.807) is 0 Å². The summed E-state index contributed by atoms with van der Waals surface area (Å²) < 4.78 is 25.0. The number of aliphatic imine (C=N–C) groups is 1. The number of hydrogen-bond acceptors (Lipinski definition) is 4. The predicted octanol–water partition coefficient (Wildman–Crippen LogP) is 3.49. The fraction of sp³-hybridized carbons (Fsp3) is 0.529. The lowest BCUT2D eigenvalue weighted by Crippen LogP contribution is -2.37. The zero-order chi connectivity index (χ0) is 18.2. The van der Waals surface area contributed by atoms with E-state index in [-0.39, 0.29) is 34.6 Å². The summed E-state index contributed by atoms with van der Waals surface area (Å²) in [5.74, 6) is 0.0531. The lowest BCUT2D eigenvalue weighted by Gasteiger charge is -2.25.